The smallest absolute Gasteiger partial charge is 0.303 e. The lowest BCUT2D eigenvalue weighted by Gasteiger charge is -2.12. The number of fused-ring (bicyclic) bond motifs is 1. The van der Waals surface area contributed by atoms with Gasteiger partial charge in [0.2, 0.25) is 0 Å². The number of carboxylic acid groups (broad SMARTS) is 1. The molecule has 0 saturated carbocycles. The Hall–Kier alpha value is -1.35. The van der Waals surface area contributed by atoms with Gasteiger partial charge in [0, 0.05) is 15.5 Å². The number of carboxylic acids is 1. The summed E-state index contributed by atoms with van der Waals surface area (Å²) in [6.07, 6.45) is 4.69. The summed E-state index contributed by atoms with van der Waals surface area (Å²) in [5.74, 6) is -0.527. The van der Waals surface area contributed by atoms with Gasteiger partial charge in [0.25, 0.3) is 0 Å². The molecule has 3 heteroatoms. The molecule has 0 aliphatic carbocycles. The zero-order chi connectivity index (χ0) is 13.7. The fourth-order valence-electron chi connectivity index (χ4n) is 2.40. The first-order valence-electron chi connectivity index (χ1n) is 6.91. The van der Waals surface area contributed by atoms with Crippen molar-refractivity contribution in [2.75, 3.05) is 0 Å². The molecule has 19 heavy (non-hydrogen) atoms. The summed E-state index contributed by atoms with van der Waals surface area (Å²) in [6.45, 7) is 2.17. The van der Waals surface area contributed by atoms with Crippen molar-refractivity contribution in [3.63, 3.8) is 0 Å². The van der Waals surface area contributed by atoms with Crippen LogP contribution in [-0.2, 0) is 4.79 Å². The van der Waals surface area contributed by atoms with Gasteiger partial charge in [-0.2, -0.15) is 0 Å². The predicted octanol–water partition coefficient (Wildman–Crippen LogP) is 5.04. The second kappa shape index (κ2) is 6.71. The predicted molar refractivity (Wildman–Crippen MR) is 81.0 cm³/mol. The molecular formula is C16H20O2S. The fraction of sp³-hybridized carbons (Fsp3) is 0.438. The highest BCUT2D eigenvalue weighted by atomic mass is 32.1. The van der Waals surface area contributed by atoms with E-state index in [9.17, 15) is 4.79 Å². The molecule has 1 N–H and O–H groups in total. The molecule has 0 radical (unpaired) electrons. The molecule has 1 heterocycles. The zero-order valence-corrected chi connectivity index (χ0v) is 12.1. The van der Waals surface area contributed by atoms with Crippen LogP contribution in [0.5, 0.6) is 0 Å². The summed E-state index contributed by atoms with van der Waals surface area (Å²) in [7, 11) is 0. The maximum absolute atomic E-state index is 11.0. The van der Waals surface area contributed by atoms with E-state index in [1.165, 1.54) is 27.8 Å². The molecule has 0 spiro atoms. The summed E-state index contributed by atoms with van der Waals surface area (Å²) < 4.78 is 1.25. The number of aliphatic carboxylic acids is 1. The van der Waals surface area contributed by atoms with Crippen LogP contribution in [0.2, 0.25) is 0 Å². The molecular weight excluding hydrogens is 256 g/mol. The van der Waals surface area contributed by atoms with Crippen LogP contribution in [-0.4, -0.2) is 11.1 Å². The lowest BCUT2D eigenvalue weighted by molar-refractivity contribution is -0.137. The maximum Gasteiger partial charge on any atom is 0.303 e. The van der Waals surface area contributed by atoms with Crippen LogP contribution in [0.3, 0.4) is 0 Å². The third-order valence-electron chi connectivity index (χ3n) is 3.42. The van der Waals surface area contributed by atoms with Crippen molar-refractivity contribution in [3.05, 3.63) is 35.2 Å². The Labute approximate surface area is 118 Å². The number of hydrogen-bond acceptors (Lipinski definition) is 2. The first-order chi connectivity index (χ1) is 9.20. The molecule has 1 unspecified atom stereocenters. The second-order valence-electron chi connectivity index (χ2n) is 4.98. The Balaban J connectivity index is 2.18. The van der Waals surface area contributed by atoms with E-state index < -0.39 is 5.97 Å². The van der Waals surface area contributed by atoms with Crippen molar-refractivity contribution in [1.82, 2.24) is 0 Å². The third-order valence-corrected chi connectivity index (χ3v) is 4.70. The summed E-state index contributed by atoms with van der Waals surface area (Å²) in [5.41, 5.74) is 0. The van der Waals surface area contributed by atoms with E-state index in [2.05, 4.69) is 25.1 Å². The number of benzene rings is 1. The van der Waals surface area contributed by atoms with Crippen molar-refractivity contribution in [2.24, 2.45) is 0 Å². The molecule has 0 aliphatic heterocycles. The summed E-state index contributed by atoms with van der Waals surface area (Å²) in [6, 6.07) is 10.4. The van der Waals surface area contributed by atoms with E-state index in [4.69, 9.17) is 5.11 Å². The standard InChI is InChI=1S/C16H20O2S/c1-2-3-4-7-13(11-16(17)18)15-10-12-8-5-6-9-14(12)19-15/h5-6,8-10,13H,2-4,7,11H2,1H3,(H,17,18). The second-order valence-corrected chi connectivity index (χ2v) is 6.09. The van der Waals surface area contributed by atoms with Crippen molar-refractivity contribution < 1.29 is 9.90 Å². The van der Waals surface area contributed by atoms with Crippen LogP contribution in [0, 0.1) is 0 Å². The molecule has 1 atom stereocenters. The van der Waals surface area contributed by atoms with Gasteiger partial charge in [0.1, 0.15) is 0 Å². The van der Waals surface area contributed by atoms with Gasteiger partial charge in [0.15, 0.2) is 0 Å². The van der Waals surface area contributed by atoms with Crippen LogP contribution in [0.15, 0.2) is 30.3 Å². The highest BCUT2D eigenvalue weighted by Crippen LogP contribution is 2.35. The van der Waals surface area contributed by atoms with Crippen molar-refractivity contribution in [1.29, 1.82) is 0 Å². The minimum atomic E-state index is -0.695. The Kier molecular flexibility index (Phi) is 4.97. The van der Waals surface area contributed by atoms with E-state index in [1.54, 1.807) is 11.3 Å². The largest absolute Gasteiger partial charge is 0.481 e. The van der Waals surface area contributed by atoms with Crippen molar-refractivity contribution >= 4 is 27.4 Å². The number of unbranched alkanes of at least 4 members (excludes halogenated alkanes) is 2. The molecule has 1 aromatic carbocycles. The topological polar surface area (TPSA) is 37.3 Å². The van der Waals surface area contributed by atoms with E-state index >= 15 is 0 Å². The molecule has 0 aliphatic rings. The minimum Gasteiger partial charge on any atom is -0.481 e. The lowest BCUT2D eigenvalue weighted by atomic mass is 9.96. The first kappa shape index (κ1) is 14.1. The van der Waals surface area contributed by atoms with E-state index in [1.807, 2.05) is 12.1 Å². The molecule has 0 saturated heterocycles. The van der Waals surface area contributed by atoms with Crippen LogP contribution in [0.1, 0.15) is 49.8 Å². The number of rotatable bonds is 7. The van der Waals surface area contributed by atoms with Gasteiger partial charge in [-0.25, -0.2) is 0 Å². The van der Waals surface area contributed by atoms with Crippen LogP contribution < -0.4 is 0 Å². The monoisotopic (exact) mass is 276 g/mol. The van der Waals surface area contributed by atoms with Gasteiger partial charge in [-0.1, -0.05) is 44.4 Å². The van der Waals surface area contributed by atoms with Crippen molar-refractivity contribution in [2.45, 2.75) is 44.9 Å². The highest BCUT2D eigenvalue weighted by molar-refractivity contribution is 7.19. The number of thiophene rings is 1. The van der Waals surface area contributed by atoms with Crippen LogP contribution in [0.25, 0.3) is 10.1 Å². The normalized spacial score (nSPS) is 12.7. The maximum atomic E-state index is 11.0. The van der Waals surface area contributed by atoms with Gasteiger partial charge in [-0.15, -0.1) is 11.3 Å². The quantitative estimate of drug-likeness (QED) is 0.719. The molecule has 2 rings (SSSR count). The Bertz CT molecular complexity index is 511. The summed E-state index contributed by atoms with van der Waals surface area (Å²) in [4.78, 5) is 12.3. The van der Waals surface area contributed by atoms with Gasteiger partial charge in [-0.3, -0.25) is 4.79 Å². The molecule has 0 bridgehead atoms. The van der Waals surface area contributed by atoms with Crippen molar-refractivity contribution in [3.8, 4) is 0 Å². The Morgan fingerprint density at radius 2 is 2.11 bits per heavy atom. The van der Waals surface area contributed by atoms with E-state index in [0.29, 0.717) is 0 Å². The molecule has 102 valence electrons. The number of carbonyl (C=O) groups is 1. The van der Waals surface area contributed by atoms with Crippen LogP contribution >= 0.6 is 11.3 Å². The molecule has 2 nitrogen and oxygen atoms in total. The SMILES string of the molecule is CCCCCC(CC(=O)O)c1cc2ccccc2s1. The first-order valence-corrected chi connectivity index (χ1v) is 7.72. The molecule has 1 aromatic heterocycles. The van der Waals surface area contributed by atoms with Gasteiger partial charge in [0.05, 0.1) is 6.42 Å². The molecule has 0 amide bonds. The Morgan fingerprint density at radius 1 is 1.32 bits per heavy atom. The molecule has 2 aromatic rings. The Morgan fingerprint density at radius 3 is 2.79 bits per heavy atom. The average Bonchev–Trinajstić information content (AvgIpc) is 2.81. The van der Waals surface area contributed by atoms with E-state index in [0.717, 1.165) is 12.8 Å². The highest BCUT2D eigenvalue weighted by Gasteiger charge is 2.17. The zero-order valence-electron chi connectivity index (χ0n) is 11.3. The van der Waals surface area contributed by atoms with Gasteiger partial charge in [-0.05, 0) is 23.9 Å². The van der Waals surface area contributed by atoms with Gasteiger partial charge < -0.3 is 5.11 Å². The minimum absolute atomic E-state index is 0.168. The van der Waals surface area contributed by atoms with Gasteiger partial charge >= 0.3 is 5.97 Å². The summed E-state index contributed by atoms with van der Waals surface area (Å²) in [5, 5.41) is 10.3. The lowest BCUT2D eigenvalue weighted by Crippen LogP contribution is -2.05. The third kappa shape index (κ3) is 3.80. The van der Waals surface area contributed by atoms with E-state index in [-0.39, 0.29) is 12.3 Å². The molecule has 0 fully saturated rings. The summed E-state index contributed by atoms with van der Waals surface area (Å²) >= 11 is 1.74. The average molecular weight is 276 g/mol. The van der Waals surface area contributed by atoms with Crippen LogP contribution in [0.4, 0.5) is 0 Å². The fourth-order valence-corrected chi connectivity index (χ4v) is 3.60. The number of hydrogen-bond donors (Lipinski definition) is 1.